The lowest BCUT2D eigenvalue weighted by Gasteiger charge is -2.18. The predicted octanol–water partition coefficient (Wildman–Crippen LogP) is 3.27. The van der Waals surface area contributed by atoms with E-state index in [4.69, 9.17) is 5.26 Å². The van der Waals surface area contributed by atoms with E-state index in [0.29, 0.717) is 16.8 Å². The van der Waals surface area contributed by atoms with Gasteiger partial charge in [0.2, 0.25) is 0 Å². The lowest BCUT2D eigenvalue weighted by atomic mass is 10.1. The van der Waals surface area contributed by atoms with E-state index in [1.165, 1.54) is 4.90 Å². The molecule has 1 N–H and O–H groups in total. The second kappa shape index (κ2) is 6.58. The molecule has 4 heteroatoms. The van der Waals surface area contributed by atoms with E-state index >= 15 is 0 Å². The number of carbonyl (C=O) groups excluding carboxylic acids is 1. The summed E-state index contributed by atoms with van der Waals surface area (Å²) in [6.45, 7) is 2.86. The summed E-state index contributed by atoms with van der Waals surface area (Å²) in [4.78, 5) is 14.0. The summed E-state index contributed by atoms with van der Waals surface area (Å²) in [7, 11) is 1.68. The lowest BCUT2D eigenvalue weighted by molar-refractivity contribution is 0.0993. The van der Waals surface area contributed by atoms with Gasteiger partial charge in [0.15, 0.2) is 0 Å². The molecule has 2 rings (SSSR count). The maximum absolute atomic E-state index is 12.5. The van der Waals surface area contributed by atoms with Crippen LogP contribution in [-0.2, 0) is 0 Å². The maximum Gasteiger partial charge on any atom is 0.258 e. The van der Waals surface area contributed by atoms with E-state index in [0.717, 1.165) is 12.2 Å². The van der Waals surface area contributed by atoms with Gasteiger partial charge in [0.25, 0.3) is 5.91 Å². The Balaban J connectivity index is 2.25. The molecule has 0 atom stereocenters. The van der Waals surface area contributed by atoms with Crippen LogP contribution in [0.4, 0.5) is 11.4 Å². The van der Waals surface area contributed by atoms with Gasteiger partial charge in [-0.25, -0.2) is 0 Å². The van der Waals surface area contributed by atoms with Gasteiger partial charge in [-0.1, -0.05) is 12.1 Å². The summed E-state index contributed by atoms with van der Waals surface area (Å²) < 4.78 is 0. The zero-order chi connectivity index (χ0) is 15.2. The molecule has 1 amide bonds. The van der Waals surface area contributed by atoms with Gasteiger partial charge < -0.3 is 10.2 Å². The number of carbonyl (C=O) groups is 1. The number of nitriles is 1. The highest BCUT2D eigenvalue weighted by atomic mass is 16.2. The van der Waals surface area contributed by atoms with Crippen LogP contribution in [0, 0.1) is 11.3 Å². The standard InChI is InChI=1S/C17H17N3O/c1-3-19-15-10-8-13(9-11-15)17(21)20(2)16-7-5-4-6-14(16)12-18/h4-11,19H,3H2,1-2H3. The Morgan fingerprint density at radius 2 is 1.86 bits per heavy atom. The van der Waals surface area contributed by atoms with Crippen LogP contribution < -0.4 is 10.2 Å². The Morgan fingerprint density at radius 3 is 2.48 bits per heavy atom. The van der Waals surface area contributed by atoms with Gasteiger partial charge in [-0.15, -0.1) is 0 Å². The number of nitrogens with zero attached hydrogens (tertiary/aromatic N) is 2. The Morgan fingerprint density at radius 1 is 1.19 bits per heavy atom. The zero-order valence-corrected chi connectivity index (χ0v) is 12.1. The van der Waals surface area contributed by atoms with Crippen LogP contribution in [0.2, 0.25) is 0 Å². The third-order valence-electron chi connectivity index (χ3n) is 3.20. The molecule has 0 bridgehead atoms. The van der Waals surface area contributed by atoms with Crippen LogP contribution in [-0.4, -0.2) is 19.5 Å². The van der Waals surface area contributed by atoms with Gasteiger partial charge >= 0.3 is 0 Å². The molecule has 0 radical (unpaired) electrons. The average molecular weight is 279 g/mol. The third kappa shape index (κ3) is 3.21. The highest BCUT2D eigenvalue weighted by Crippen LogP contribution is 2.20. The number of hydrogen-bond acceptors (Lipinski definition) is 3. The van der Waals surface area contributed by atoms with Gasteiger partial charge in [-0.3, -0.25) is 4.79 Å². The van der Waals surface area contributed by atoms with Crippen LogP contribution in [0.25, 0.3) is 0 Å². The minimum Gasteiger partial charge on any atom is -0.385 e. The molecule has 0 aliphatic rings. The minimum absolute atomic E-state index is 0.138. The molecule has 2 aromatic carbocycles. The molecule has 4 nitrogen and oxygen atoms in total. The number of benzene rings is 2. The normalized spacial score (nSPS) is 9.76. The molecule has 0 saturated carbocycles. The molecule has 0 saturated heterocycles. The van der Waals surface area contributed by atoms with Crippen LogP contribution in [0.1, 0.15) is 22.8 Å². The molecule has 0 aliphatic heterocycles. The van der Waals surface area contributed by atoms with Crippen molar-refractivity contribution in [3.63, 3.8) is 0 Å². The van der Waals surface area contributed by atoms with Crippen LogP contribution in [0.3, 0.4) is 0 Å². The maximum atomic E-state index is 12.5. The smallest absolute Gasteiger partial charge is 0.258 e. The van der Waals surface area contributed by atoms with E-state index in [-0.39, 0.29) is 5.91 Å². The van der Waals surface area contributed by atoms with Gasteiger partial charge in [0.1, 0.15) is 6.07 Å². The van der Waals surface area contributed by atoms with Crippen molar-refractivity contribution in [1.82, 2.24) is 0 Å². The molecule has 0 heterocycles. The molecule has 0 unspecified atom stereocenters. The van der Waals surface area contributed by atoms with Crippen molar-refractivity contribution in [2.24, 2.45) is 0 Å². The van der Waals surface area contributed by atoms with Crippen molar-refractivity contribution in [3.8, 4) is 6.07 Å². The average Bonchev–Trinajstić information content (AvgIpc) is 2.54. The topological polar surface area (TPSA) is 56.1 Å². The van der Waals surface area contributed by atoms with E-state index < -0.39 is 0 Å². The first-order chi connectivity index (χ1) is 10.2. The SMILES string of the molecule is CCNc1ccc(C(=O)N(C)c2ccccc2C#N)cc1. The monoisotopic (exact) mass is 279 g/mol. The molecular weight excluding hydrogens is 262 g/mol. The number of hydrogen-bond donors (Lipinski definition) is 1. The summed E-state index contributed by atoms with van der Waals surface area (Å²) in [6, 6.07) is 16.5. The number of para-hydroxylation sites is 1. The van der Waals surface area contributed by atoms with Gasteiger partial charge in [0, 0.05) is 24.8 Å². The van der Waals surface area contributed by atoms with Gasteiger partial charge in [0.05, 0.1) is 11.3 Å². The third-order valence-corrected chi connectivity index (χ3v) is 3.20. The number of anilines is 2. The summed E-state index contributed by atoms with van der Waals surface area (Å²) >= 11 is 0. The highest BCUT2D eigenvalue weighted by Gasteiger charge is 2.15. The fourth-order valence-corrected chi connectivity index (χ4v) is 2.10. The van der Waals surface area contributed by atoms with Crippen molar-refractivity contribution in [1.29, 1.82) is 5.26 Å². The van der Waals surface area contributed by atoms with Crippen molar-refractivity contribution in [2.45, 2.75) is 6.92 Å². The van der Waals surface area contributed by atoms with E-state index in [1.807, 2.05) is 25.1 Å². The molecule has 21 heavy (non-hydrogen) atoms. The predicted molar refractivity (Wildman–Crippen MR) is 84.5 cm³/mol. The van der Waals surface area contributed by atoms with Gasteiger partial charge in [-0.2, -0.15) is 5.26 Å². The molecule has 0 aliphatic carbocycles. The second-order valence-corrected chi connectivity index (χ2v) is 4.60. The molecule has 106 valence electrons. The van der Waals surface area contributed by atoms with E-state index in [2.05, 4.69) is 11.4 Å². The number of nitrogens with one attached hydrogen (secondary N) is 1. The Bertz CT molecular complexity index is 671. The van der Waals surface area contributed by atoms with Crippen molar-refractivity contribution >= 4 is 17.3 Å². The van der Waals surface area contributed by atoms with Crippen LogP contribution in [0.15, 0.2) is 48.5 Å². The highest BCUT2D eigenvalue weighted by molar-refractivity contribution is 6.06. The summed E-state index contributed by atoms with van der Waals surface area (Å²) in [5, 5.41) is 12.3. The van der Waals surface area contributed by atoms with Crippen LogP contribution in [0.5, 0.6) is 0 Å². The number of rotatable bonds is 4. The summed E-state index contributed by atoms with van der Waals surface area (Å²) in [6.07, 6.45) is 0. The first kappa shape index (κ1) is 14.6. The Labute approximate surface area is 124 Å². The molecule has 0 spiro atoms. The van der Waals surface area contributed by atoms with E-state index in [9.17, 15) is 4.79 Å². The molecule has 0 aromatic heterocycles. The quantitative estimate of drug-likeness (QED) is 0.934. The first-order valence-electron chi connectivity index (χ1n) is 6.78. The fraction of sp³-hybridized carbons (Fsp3) is 0.176. The zero-order valence-electron chi connectivity index (χ0n) is 12.1. The molecule has 0 fully saturated rings. The van der Waals surface area contributed by atoms with Gasteiger partial charge in [-0.05, 0) is 43.3 Å². The lowest BCUT2D eigenvalue weighted by Crippen LogP contribution is -2.26. The fourth-order valence-electron chi connectivity index (χ4n) is 2.10. The van der Waals surface area contributed by atoms with E-state index in [1.54, 1.807) is 37.4 Å². The van der Waals surface area contributed by atoms with Crippen molar-refractivity contribution in [2.75, 3.05) is 23.8 Å². The van der Waals surface area contributed by atoms with Crippen molar-refractivity contribution in [3.05, 3.63) is 59.7 Å². The van der Waals surface area contributed by atoms with Crippen LogP contribution >= 0.6 is 0 Å². The summed E-state index contributed by atoms with van der Waals surface area (Å²) in [5.74, 6) is -0.138. The Hall–Kier alpha value is -2.80. The molecule has 2 aromatic rings. The Kier molecular flexibility index (Phi) is 4.57. The minimum atomic E-state index is -0.138. The number of amides is 1. The summed E-state index contributed by atoms with van der Waals surface area (Å²) in [5.41, 5.74) is 2.67. The van der Waals surface area contributed by atoms with Crippen molar-refractivity contribution < 1.29 is 4.79 Å². The first-order valence-corrected chi connectivity index (χ1v) is 6.78. The second-order valence-electron chi connectivity index (χ2n) is 4.60. The largest absolute Gasteiger partial charge is 0.385 e. The molecular formula is C17H17N3O.